The van der Waals surface area contributed by atoms with E-state index in [0.29, 0.717) is 25.3 Å². The molecule has 0 bridgehead atoms. The molecule has 1 aromatic carbocycles. The maximum Gasteiger partial charge on any atom is 0.236 e. The molecule has 1 amide bonds. The summed E-state index contributed by atoms with van der Waals surface area (Å²) in [5, 5.41) is 9.17. The van der Waals surface area contributed by atoms with E-state index in [2.05, 4.69) is 4.90 Å². The molecule has 0 radical (unpaired) electrons. The molecule has 3 rings (SSSR count). The van der Waals surface area contributed by atoms with Gasteiger partial charge in [-0.1, -0.05) is 6.07 Å². The molecule has 0 spiro atoms. The van der Waals surface area contributed by atoms with Crippen LogP contribution in [-0.2, 0) is 4.79 Å². The second-order valence-electron chi connectivity index (χ2n) is 6.45. The van der Waals surface area contributed by atoms with Crippen LogP contribution in [0.15, 0.2) is 18.2 Å². The largest absolute Gasteiger partial charge is 0.368 e. The maximum atomic E-state index is 13.8. The Morgan fingerprint density at radius 2 is 1.79 bits per heavy atom. The molecule has 2 heterocycles. The average molecular weight is 330 g/mol. The van der Waals surface area contributed by atoms with E-state index < -0.39 is 5.82 Å². The number of nitriles is 1. The first kappa shape index (κ1) is 16.7. The van der Waals surface area contributed by atoms with Crippen molar-refractivity contribution < 1.29 is 9.18 Å². The third-order valence-electron chi connectivity index (χ3n) is 4.88. The molecule has 2 saturated heterocycles. The molecule has 5 nitrogen and oxygen atoms in total. The van der Waals surface area contributed by atoms with Crippen molar-refractivity contribution in [3.05, 3.63) is 29.6 Å². The molecule has 24 heavy (non-hydrogen) atoms. The van der Waals surface area contributed by atoms with Gasteiger partial charge in [-0.05, 0) is 31.4 Å². The number of anilines is 1. The second-order valence-corrected chi connectivity index (χ2v) is 6.45. The van der Waals surface area contributed by atoms with Gasteiger partial charge in [0.05, 0.1) is 12.2 Å². The first-order valence-corrected chi connectivity index (χ1v) is 8.63. The Morgan fingerprint density at radius 1 is 1.08 bits per heavy atom. The second kappa shape index (κ2) is 7.63. The Hall–Kier alpha value is -2.13. The third-order valence-corrected chi connectivity index (χ3v) is 4.88. The minimum atomic E-state index is -0.474. The molecular weight excluding hydrogens is 307 g/mol. The summed E-state index contributed by atoms with van der Waals surface area (Å²) in [6.45, 7) is 5.13. The van der Waals surface area contributed by atoms with Crippen LogP contribution in [0.2, 0.25) is 0 Å². The molecule has 1 aromatic rings. The van der Waals surface area contributed by atoms with Gasteiger partial charge in [0.2, 0.25) is 5.91 Å². The van der Waals surface area contributed by atoms with Crippen LogP contribution in [0.4, 0.5) is 10.1 Å². The van der Waals surface area contributed by atoms with E-state index in [-0.39, 0.29) is 11.5 Å². The lowest BCUT2D eigenvalue weighted by Crippen LogP contribution is -2.50. The van der Waals surface area contributed by atoms with Gasteiger partial charge in [0.15, 0.2) is 0 Å². The van der Waals surface area contributed by atoms with E-state index >= 15 is 0 Å². The Bertz CT molecular complexity index is 628. The molecule has 2 aliphatic heterocycles. The van der Waals surface area contributed by atoms with Gasteiger partial charge in [0, 0.05) is 39.3 Å². The van der Waals surface area contributed by atoms with Crippen LogP contribution in [0.5, 0.6) is 0 Å². The molecule has 6 heteroatoms. The summed E-state index contributed by atoms with van der Waals surface area (Å²) in [5.74, 6) is -0.260. The molecular formula is C18H23FN4O. The standard InChI is InChI=1S/C18H23FN4O/c19-16-5-4-6-17(15(16)13-20)22-11-9-21(10-12-22)14-18(24)23-7-2-1-3-8-23/h4-6H,1-3,7-12,14H2. The number of rotatable bonds is 3. The number of amides is 1. The first-order chi connectivity index (χ1) is 11.7. The molecule has 0 aliphatic carbocycles. The van der Waals surface area contributed by atoms with Crippen LogP contribution in [0.1, 0.15) is 24.8 Å². The van der Waals surface area contributed by atoms with Gasteiger partial charge in [0.25, 0.3) is 0 Å². The van der Waals surface area contributed by atoms with Crippen molar-refractivity contribution in [2.24, 2.45) is 0 Å². The number of benzene rings is 1. The van der Waals surface area contributed by atoms with Gasteiger partial charge in [-0.2, -0.15) is 5.26 Å². The summed E-state index contributed by atoms with van der Waals surface area (Å²) in [7, 11) is 0. The highest BCUT2D eigenvalue weighted by Crippen LogP contribution is 2.23. The predicted octanol–water partition coefficient (Wildman–Crippen LogP) is 1.83. The van der Waals surface area contributed by atoms with Crippen LogP contribution in [0.3, 0.4) is 0 Å². The van der Waals surface area contributed by atoms with Gasteiger partial charge in [-0.25, -0.2) is 4.39 Å². The minimum Gasteiger partial charge on any atom is -0.368 e. The number of hydrogen-bond acceptors (Lipinski definition) is 4. The first-order valence-electron chi connectivity index (χ1n) is 8.63. The highest BCUT2D eigenvalue weighted by molar-refractivity contribution is 5.78. The van der Waals surface area contributed by atoms with Crippen molar-refractivity contribution in [2.45, 2.75) is 19.3 Å². The lowest BCUT2D eigenvalue weighted by Gasteiger charge is -2.37. The van der Waals surface area contributed by atoms with Crippen molar-refractivity contribution in [3.63, 3.8) is 0 Å². The van der Waals surface area contributed by atoms with Gasteiger partial charge in [-0.15, -0.1) is 0 Å². The fourth-order valence-corrected chi connectivity index (χ4v) is 3.47. The minimum absolute atomic E-state index is 0.107. The van der Waals surface area contributed by atoms with E-state index in [1.807, 2.05) is 15.9 Å². The highest BCUT2D eigenvalue weighted by atomic mass is 19.1. The highest BCUT2D eigenvalue weighted by Gasteiger charge is 2.24. The van der Waals surface area contributed by atoms with E-state index in [4.69, 9.17) is 5.26 Å². The van der Waals surface area contributed by atoms with Crippen LogP contribution in [0.25, 0.3) is 0 Å². The summed E-state index contributed by atoms with van der Waals surface area (Å²) in [6, 6.07) is 6.70. The zero-order valence-electron chi connectivity index (χ0n) is 13.9. The maximum absolute atomic E-state index is 13.8. The number of piperazine rings is 1. The molecule has 0 atom stereocenters. The van der Waals surface area contributed by atoms with E-state index in [1.54, 1.807) is 12.1 Å². The Morgan fingerprint density at radius 3 is 2.46 bits per heavy atom. The summed E-state index contributed by atoms with van der Waals surface area (Å²) in [6.07, 6.45) is 3.43. The fourth-order valence-electron chi connectivity index (χ4n) is 3.47. The molecule has 0 N–H and O–H groups in total. The van der Waals surface area contributed by atoms with Crippen molar-refractivity contribution in [1.29, 1.82) is 5.26 Å². The van der Waals surface area contributed by atoms with Crippen LogP contribution in [0, 0.1) is 17.1 Å². The molecule has 2 aliphatic rings. The zero-order valence-corrected chi connectivity index (χ0v) is 13.9. The fraction of sp³-hybridized carbons (Fsp3) is 0.556. The van der Waals surface area contributed by atoms with Crippen molar-refractivity contribution in [1.82, 2.24) is 9.80 Å². The van der Waals surface area contributed by atoms with Gasteiger partial charge >= 0.3 is 0 Å². The van der Waals surface area contributed by atoms with Crippen LogP contribution >= 0.6 is 0 Å². The number of carbonyl (C=O) groups excluding carboxylic acids is 1. The lowest BCUT2D eigenvalue weighted by atomic mass is 10.1. The number of likely N-dealkylation sites (tertiary alicyclic amines) is 1. The zero-order chi connectivity index (χ0) is 16.9. The molecule has 2 fully saturated rings. The van der Waals surface area contributed by atoms with Gasteiger partial charge in [0.1, 0.15) is 17.4 Å². The van der Waals surface area contributed by atoms with Crippen LogP contribution in [-0.4, -0.2) is 61.5 Å². The Balaban J connectivity index is 1.55. The van der Waals surface area contributed by atoms with E-state index in [9.17, 15) is 9.18 Å². The van der Waals surface area contributed by atoms with Crippen LogP contribution < -0.4 is 4.90 Å². The topological polar surface area (TPSA) is 50.6 Å². The van der Waals surface area contributed by atoms with E-state index in [1.165, 1.54) is 12.5 Å². The normalized spacial score (nSPS) is 19.2. The predicted molar refractivity (Wildman–Crippen MR) is 90.2 cm³/mol. The summed E-state index contributed by atoms with van der Waals surface area (Å²) in [5.41, 5.74) is 0.759. The molecule has 128 valence electrons. The molecule has 0 aromatic heterocycles. The van der Waals surface area contributed by atoms with Crippen molar-refractivity contribution >= 4 is 11.6 Å². The smallest absolute Gasteiger partial charge is 0.236 e. The molecule has 0 saturated carbocycles. The Labute approximate surface area is 142 Å². The summed E-state index contributed by atoms with van der Waals surface area (Å²) < 4.78 is 13.8. The molecule has 0 unspecified atom stereocenters. The van der Waals surface area contributed by atoms with Gasteiger partial charge < -0.3 is 9.80 Å². The summed E-state index contributed by atoms with van der Waals surface area (Å²) in [4.78, 5) is 18.5. The SMILES string of the molecule is N#Cc1c(F)cccc1N1CCN(CC(=O)N2CCCCC2)CC1. The third kappa shape index (κ3) is 3.68. The number of nitrogens with zero attached hydrogens (tertiary/aromatic N) is 4. The average Bonchev–Trinajstić information content (AvgIpc) is 2.63. The number of hydrogen-bond donors (Lipinski definition) is 0. The quantitative estimate of drug-likeness (QED) is 0.848. The number of halogens is 1. The van der Waals surface area contributed by atoms with Gasteiger partial charge in [-0.3, -0.25) is 9.69 Å². The lowest BCUT2D eigenvalue weighted by molar-refractivity contribution is -0.133. The Kier molecular flexibility index (Phi) is 5.31. The number of carbonyl (C=O) groups is 1. The van der Waals surface area contributed by atoms with E-state index in [0.717, 1.165) is 39.0 Å². The monoisotopic (exact) mass is 330 g/mol. The summed E-state index contributed by atoms with van der Waals surface area (Å²) >= 11 is 0. The number of piperidine rings is 1. The van der Waals surface area contributed by atoms with Crippen molar-refractivity contribution in [2.75, 3.05) is 50.7 Å². The van der Waals surface area contributed by atoms with Crippen molar-refractivity contribution in [3.8, 4) is 6.07 Å².